The molecule has 1 aliphatic rings. The van der Waals surface area contributed by atoms with E-state index in [1.54, 1.807) is 30.6 Å². The number of amides is 1. The van der Waals surface area contributed by atoms with Gasteiger partial charge in [-0.05, 0) is 18.2 Å². The average Bonchev–Trinajstić information content (AvgIpc) is 2.95. The highest BCUT2D eigenvalue weighted by atomic mass is 32.2. The molecule has 1 aliphatic heterocycles. The van der Waals surface area contributed by atoms with Gasteiger partial charge in [0.15, 0.2) is 0 Å². The first-order valence-corrected chi connectivity index (χ1v) is 7.14. The van der Waals surface area contributed by atoms with Gasteiger partial charge < -0.3 is 10.0 Å². The van der Waals surface area contributed by atoms with E-state index in [-0.39, 0.29) is 5.91 Å². The Morgan fingerprint density at radius 1 is 1.25 bits per heavy atom. The van der Waals surface area contributed by atoms with Crippen molar-refractivity contribution < 1.29 is 14.7 Å². The fourth-order valence-electron chi connectivity index (χ4n) is 2.11. The number of thioether (sulfide) groups is 1. The van der Waals surface area contributed by atoms with Gasteiger partial charge in [-0.3, -0.25) is 14.8 Å². The van der Waals surface area contributed by atoms with Gasteiger partial charge >= 0.3 is 5.97 Å². The smallest absolute Gasteiger partial charge is 0.327 e. The van der Waals surface area contributed by atoms with E-state index in [1.807, 2.05) is 0 Å². The van der Waals surface area contributed by atoms with Gasteiger partial charge in [0, 0.05) is 23.7 Å². The van der Waals surface area contributed by atoms with Gasteiger partial charge in [0.25, 0.3) is 5.91 Å². The molecule has 1 N–H and O–H groups in total. The van der Waals surface area contributed by atoms with Gasteiger partial charge in [0.2, 0.25) is 0 Å². The Hall–Kier alpha value is -2.15. The average molecular weight is 289 g/mol. The number of carbonyl (C=O) groups is 2. The van der Waals surface area contributed by atoms with Crippen LogP contribution in [0.15, 0.2) is 30.6 Å². The van der Waals surface area contributed by atoms with E-state index >= 15 is 0 Å². The summed E-state index contributed by atoms with van der Waals surface area (Å²) >= 11 is 1.44. The number of rotatable bonds is 2. The molecule has 1 unspecified atom stereocenters. The summed E-state index contributed by atoms with van der Waals surface area (Å²) < 4.78 is 0. The van der Waals surface area contributed by atoms with Crippen molar-refractivity contribution in [3.8, 4) is 0 Å². The molecule has 0 spiro atoms. The Kier molecular flexibility index (Phi) is 3.27. The second-order valence-electron chi connectivity index (χ2n) is 4.39. The summed E-state index contributed by atoms with van der Waals surface area (Å²) in [6, 6.07) is 4.26. The molecule has 1 saturated heterocycles. The predicted molar refractivity (Wildman–Crippen MR) is 74.5 cm³/mol. The molecule has 0 saturated carbocycles. The Balaban J connectivity index is 1.94. The molecular weight excluding hydrogens is 278 g/mol. The second kappa shape index (κ2) is 5.09. The summed E-state index contributed by atoms with van der Waals surface area (Å²) in [5, 5.41) is 9.12. The molecule has 20 heavy (non-hydrogen) atoms. The third-order valence-corrected chi connectivity index (χ3v) is 4.16. The third-order valence-electron chi connectivity index (χ3n) is 3.14. The van der Waals surface area contributed by atoms with Crippen LogP contribution in [0.1, 0.15) is 10.4 Å². The topological polar surface area (TPSA) is 83.4 Å². The van der Waals surface area contributed by atoms with Gasteiger partial charge in [-0.25, -0.2) is 4.79 Å². The Morgan fingerprint density at radius 2 is 2.00 bits per heavy atom. The van der Waals surface area contributed by atoms with E-state index in [1.165, 1.54) is 16.7 Å². The number of carboxylic acids is 1. The van der Waals surface area contributed by atoms with Crippen LogP contribution in [0.5, 0.6) is 0 Å². The normalized spacial score (nSPS) is 18.4. The van der Waals surface area contributed by atoms with Crippen LogP contribution in [-0.4, -0.2) is 49.5 Å². The summed E-state index contributed by atoms with van der Waals surface area (Å²) in [6.45, 7) is 0. The highest BCUT2D eigenvalue weighted by molar-refractivity contribution is 7.99. The number of fused-ring (bicyclic) bond motifs is 1. The minimum absolute atomic E-state index is 0.282. The van der Waals surface area contributed by atoms with E-state index in [0.717, 1.165) is 0 Å². The van der Waals surface area contributed by atoms with Crippen LogP contribution in [-0.2, 0) is 4.79 Å². The Labute approximate surface area is 118 Å². The number of hydrogen-bond acceptors (Lipinski definition) is 5. The fourth-order valence-corrected chi connectivity index (χ4v) is 3.25. The summed E-state index contributed by atoms with van der Waals surface area (Å²) in [7, 11) is 0. The number of aliphatic carboxylic acids is 1. The monoisotopic (exact) mass is 289 g/mol. The lowest BCUT2D eigenvalue weighted by atomic mass is 10.1. The molecule has 1 atom stereocenters. The van der Waals surface area contributed by atoms with Gasteiger partial charge in [-0.15, -0.1) is 11.8 Å². The molecule has 2 heterocycles. The van der Waals surface area contributed by atoms with E-state index < -0.39 is 12.0 Å². The molecular formula is C13H11N3O3S. The zero-order chi connectivity index (χ0) is 14.1. The molecule has 6 nitrogen and oxygen atoms in total. The minimum Gasteiger partial charge on any atom is -0.480 e. The van der Waals surface area contributed by atoms with Crippen molar-refractivity contribution >= 4 is 34.7 Å². The number of carbonyl (C=O) groups excluding carboxylic acids is 1. The molecule has 0 aliphatic carbocycles. The lowest BCUT2D eigenvalue weighted by Gasteiger charge is -2.20. The van der Waals surface area contributed by atoms with Gasteiger partial charge in [0.1, 0.15) is 6.04 Å². The molecule has 1 amide bonds. The van der Waals surface area contributed by atoms with Crippen LogP contribution in [0.3, 0.4) is 0 Å². The quantitative estimate of drug-likeness (QED) is 0.895. The van der Waals surface area contributed by atoms with Gasteiger partial charge in [0.05, 0.1) is 16.9 Å². The Morgan fingerprint density at radius 3 is 2.75 bits per heavy atom. The summed E-state index contributed by atoms with van der Waals surface area (Å²) in [5.41, 5.74) is 1.76. The maximum absolute atomic E-state index is 12.4. The van der Waals surface area contributed by atoms with Gasteiger partial charge in [-0.2, -0.15) is 0 Å². The number of benzene rings is 1. The molecule has 1 aromatic carbocycles. The van der Waals surface area contributed by atoms with E-state index in [0.29, 0.717) is 28.2 Å². The zero-order valence-electron chi connectivity index (χ0n) is 10.4. The molecule has 0 bridgehead atoms. The zero-order valence-corrected chi connectivity index (χ0v) is 11.2. The second-order valence-corrected chi connectivity index (χ2v) is 5.39. The van der Waals surface area contributed by atoms with Crippen molar-refractivity contribution in [2.24, 2.45) is 0 Å². The van der Waals surface area contributed by atoms with E-state index in [2.05, 4.69) is 9.97 Å². The number of carboxylic acid groups (broad SMARTS) is 1. The van der Waals surface area contributed by atoms with Crippen molar-refractivity contribution in [2.75, 3.05) is 11.6 Å². The predicted octanol–water partition coefficient (Wildman–Crippen LogP) is 1.23. The number of aromatic nitrogens is 2. The molecule has 7 heteroatoms. The third kappa shape index (κ3) is 2.20. The minimum atomic E-state index is -0.969. The SMILES string of the molecule is O=C(O)C1CSCN1C(=O)c1ccc2nccnc2c1. The molecule has 1 fully saturated rings. The summed E-state index contributed by atoms with van der Waals surface area (Å²) in [6.07, 6.45) is 3.14. The van der Waals surface area contributed by atoms with Crippen LogP contribution < -0.4 is 0 Å². The van der Waals surface area contributed by atoms with Crippen LogP contribution in [0.25, 0.3) is 11.0 Å². The summed E-state index contributed by atoms with van der Waals surface area (Å²) in [5.74, 6) is -0.429. The van der Waals surface area contributed by atoms with E-state index in [4.69, 9.17) is 5.11 Å². The molecule has 0 radical (unpaired) electrons. The maximum atomic E-state index is 12.4. The molecule has 3 rings (SSSR count). The van der Waals surface area contributed by atoms with Crippen molar-refractivity contribution in [1.29, 1.82) is 0 Å². The van der Waals surface area contributed by atoms with Crippen LogP contribution in [0.2, 0.25) is 0 Å². The van der Waals surface area contributed by atoms with Crippen molar-refractivity contribution in [3.63, 3.8) is 0 Å². The van der Waals surface area contributed by atoms with Crippen LogP contribution >= 0.6 is 11.8 Å². The lowest BCUT2D eigenvalue weighted by molar-refractivity contribution is -0.140. The van der Waals surface area contributed by atoms with E-state index in [9.17, 15) is 9.59 Å². The highest BCUT2D eigenvalue weighted by Crippen LogP contribution is 2.24. The van der Waals surface area contributed by atoms with Crippen molar-refractivity contribution in [1.82, 2.24) is 14.9 Å². The van der Waals surface area contributed by atoms with Crippen LogP contribution in [0, 0.1) is 0 Å². The maximum Gasteiger partial charge on any atom is 0.327 e. The highest BCUT2D eigenvalue weighted by Gasteiger charge is 2.35. The first kappa shape index (κ1) is 12.9. The number of nitrogens with zero attached hydrogens (tertiary/aromatic N) is 3. The molecule has 1 aromatic heterocycles. The largest absolute Gasteiger partial charge is 0.480 e. The fraction of sp³-hybridized carbons (Fsp3) is 0.231. The first-order valence-electron chi connectivity index (χ1n) is 5.99. The first-order chi connectivity index (χ1) is 9.66. The van der Waals surface area contributed by atoms with Gasteiger partial charge in [-0.1, -0.05) is 0 Å². The molecule has 102 valence electrons. The lowest BCUT2D eigenvalue weighted by Crippen LogP contribution is -2.41. The molecule has 2 aromatic rings. The van der Waals surface area contributed by atoms with Crippen molar-refractivity contribution in [2.45, 2.75) is 6.04 Å². The van der Waals surface area contributed by atoms with Crippen molar-refractivity contribution in [3.05, 3.63) is 36.2 Å². The van der Waals surface area contributed by atoms with Crippen LogP contribution in [0.4, 0.5) is 0 Å². The Bertz CT molecular complexity index is 691. The summed E-state index contributed by atoms with van der Waals surface area (Å²) in [4.78, 5) is 33.2. The number of hydrogen-bond donors (Lipinski definition) is 1. The standard InChI is InChI=1S/C13H11N3O3S/c17-12(16-7-20-6-11(16)13(18)19)8-1-2-9-10(5-8)15-4-3-14-9/h1-5,11H,6-7H2,(H,18,19).